The number of ether oxygens (including phenoxy) is 2. The van der Waals surface area contributed by atoms with Gasteiger partial charge in [-0.05, 0) is 49.2 Å². The molecule has 4 rings (SSSR count). The molecule has 0 saturated carbocycles. The Morgan fingerprint density at radius 2 is 1.85 bits per heavy atom. The Labute approximate surface area is 224 Å². The molecular formula is C26H27F2N5O5S. The van der Waals surface area contributed by atoms with Crippen LogP contribution < -0.4 is 19.5 Å². The van der Waals surface area contributed by atoms with Gasteiger partial charge in [-0.25, -0.2) is 26.9 Å². The zero-order valence-corrected chi connectivity index (χ0v) is 22.3. The first kappa shape index (κ1) is 27.8. The third-order valence-electron chi connectivity index (χ3n) is 5.64. The first-order chi connectivity index (χ1) is 18.7. The lowest BCUT2D eigenvalue weighted by atomic mass is 10.1. The fraction of sp³-hybridized carbons (Fsp3) is 0.269. The summed E-state index contributed by atoms with van der Waals surface area (Å²) in [5, 5.41) is 7.39. The molecule has 2 aromatic heterocycles. The van der Waals surface area contributed by atoms with Crippen LogP contribution in [0.25, 0.3) is 11.0 Å². The highest BCUT2D eigenvalue weighted by atomic mass is 32.2. The molecule has 13 heteroatoms. The number of amides is 1. The molecule has 206 valence electrons. The van der Waals surface area contributed by atoms with Crippen molar-refractivity contribution in [2.24, 2.45) is 0 Å². The zero-order chi connectivity index (χ0) is 28.2. The molecule has 0 saturated heterocycles. The summed E-state index contributed by atoms with van der Waals surface area (Å²) < 4.78 is 68.2. The van der Waals surface area contributed by atoms with Crippen LogP contribution in [0.4, 0.5) is 20.2 Å². The summed E-state index contributed by atoms with van der Waals surface area (Å²) in [6.45, 7) is 4.14. The number of benzene rings is 2. The summed E-state index contributed by atoms with van der Waals surface area (Å²) in [6, 6.07) is 10.7. The zero-order valence-electron chi connectivity index (χ0n) is 21.5. The van der Waals surface area contributed by atoms with Crippen LogP contribution in [0.1, 0.15) is 36.2 Å². The lowest BCUT2D eigenvalue weighted by molar-refractivity contribution is 0.101. The molecule has 0 fully saturated rings. The molecular weight excluding hydrogens is 532 g/mol. The van der Waals surface area contributed by atoms with Gasteiger partial charge >= 0.3 is 0 Å². The number of nitrogens with one attached hydrogen (secondary N) is 2. The highest BCUT2D eigenvalue weighted by molar-refractivity contribution is 7.92. The van der Waals surface area contributed by atoms with Crippen molar-refractivity contribution in [1.82, 2.24) is 14.8 Å². The van der Waals surface area contributed by atoms with E-state index in [0.717, 1.165) is 23.4 Å². The van der Waals surface area contributed by atoms with Gasteiger partial charge < -0.3 is 14.8 Å². The molecule has 0 radical (unpaired) electrons. The Balaban J connectivity index is 1.63. The maximum Gasteiger partial charge on any atom is 0.261 e. The van der Waals surface area contributed by atoms with Gasteiger partial charge in [-0.2, -0.15) is 0 Å². The Morgan fingerprint density at radius 1 is 1.10 bits per heavy atom. The van der Waals surface area contributed by atoms with Crippen LogP contribution in [0.2, 0.25) is 0 Å². The Bertz CT molecular complexity index is 1610. The standard InChI is InChI=1S/C26H27F2N5O5S/c1-4-12-39(35,36)32-21-11-10-20(27)22(23(21)28)25(34)30-17-13-19-24(29-14-17)33(31-26(19)38-5-2)15-16-6-8-18(37-3)9-7-16/h6-11,13-14,32H,4-5,12,15H2,1-3H3,(H,30,34). The molecule has 0 unspecified atom stereocenters. The Hall–Kier alpha value is -4.26. The van der Waals surface area contributed by atoms with Gasteiger partial charge in [0.1, 0.15) is 17.1 Å². The minimum absolute atomic E-state index is 0.133. The number of carbonyl (C=O) groups is 1. The van der Waals surface area contributed by atoms with Crippen molar-refractivity contribution in [2.45, 2.75) is 26.8 Å². The van der Waals surface area contributed by atoms with E-state index < -0.39 is 38.8 Å². The van der Waals surface area contributed by atoms with Gasteiger partial charge in [0.15, 0.2) is 11.5 Å². The van der Waals surface area contributed by atoms with Crippen LogP contribution in [0.3, 0.4) is 0 Å². The summed E-state index contributed by atoms with van der Waals surface area (Å²) in [5.41, 5.74) is 0.0713. The monoisotopic (exact) mass is 559 g/mol. The second-order valence-corrected chi connectivity index (χ2v) is 10.3. The second kappa shape index (κ2) is 11.6. The number of rotatable bonds is 11. The van der Waals surface area contributed by atoms with E-state index in [1.165, 1.54) is 12.3 Å². The minimum atomic E-state index is -3.86. The molecule has 0 aliphatic heterocycles. The van der Waals surface area contributed by atoms with E-state index in [1.807, 2.05) is 24.3 Å². The SMILES string of the molecule is CCCS(=O)(=O)Nc1ccc(F)c(C(=O)Nc2cnc3c(c2)c(OCC)nn3Cc2ccc(OC)cc2)c1F. The van der Waals surface area contributed by atoms with Gasteiger partial charge in [-0.1, -0.05) is 19.1 Å². The number of pyridine rings is 1. The van der Waals surface area contributed by atoms with Crippen LogP contribution in [0.5, 0.6) is 11.6 Å². The van der Waals surface area contributed by atoms with Gasteiger partial charge in [0, 0.05) is 0 Å². The van der Waals surface area contributed by atoms with E-state index in [9.17, 15) is 17.6 Å². The summed E-state index contributed by atoms with van der Waals surface area (Å²) in [7, 11) is -2.28. The molecule has 39 heavy (non-hydrogen) atoms. The number of fused-ring (bicyclic) bond motifs is 1. The van der Waals surface area contributed by atoms with Gasteiger partial charge in [0.2, 0.25) is 15.9 Å². The van der Waals surface area contributed by atoms with E-state index in [-0.39, 0.29) is 17.3 Å². The normalized spacial score (nSPS) is 11.4. The van der Waals surface area contributed by atoms with Gasteiger partial charge in [-0.15, -0.1) is 5.10 Å². The number of carbonyl (C=O) groups excluding carboxylic acids is 1. The largest absolute Gasteiger partial charge is 0.497 e. The second-order valence-electron chi connectivity index (χ2n) is 8.50. The predicted octanol–water partition coefficient (Wildman–Crippen LogP) is 4.57. The average Bonchev–Trinajstić information content (AvgIpc) is 3.22. The molecule has 4 aromatic rings. The van der Waals surface area contributed by atoms with Gasteiger partial charge in [-0.3, -0.25) is 9.52 Å². The molecule has 10 nitrogen and oxygen atoms in total. The molecule has 0 aliphatic rings. The first-order valence-corrected chi connectivity index (χ1v) is 13.7. The molecule has 0 aliphatic carbocycles. The number of anilines is 2. The van der Waals surface area contributed by atoms with Crippen molar-refractivity contribution < 1.29 is 31.5 Å². The van der Waals surface area contributed by atoms with Crippen molar-refractivity contribution in [3.05, 3.63) is 71.4 Å². The van der Waals surface area contributed by atoms with Crippen molar-refractivity contribution in [2.75, 3.05) is 29.5 Å². The summed E-state index contributed by atoms with van der Waals surface area (Å²) in [6.07, 6.45) is 1.62. The molecule has 2 N–H and O–H groups in total. The molecule has 0 atom stereocenters. The van der Waals surface area contributed by atoms with Crippen LogP contribution >= 0.6 is 0 Å². The lowest BCUT2D eigenvalue weighted by Gasteiger charge is -2.12. The fourth-order valence-corrected chi connectivity index (χ4v) is 5.01. The number of nitrogens with zero attached hydrogens (tertiary/aromatic N) is 3. The molecule has 1 amide bonds. The number of sulfonamides is 1. The van der Waals surface area contributed by atoms with Gasteiger partial charge in [0.05, 0.1) is 49.0 Å². The van der Waals surface area contributed by atoms with E-state index in [2.05, 4.69) is 20.1 Å². The lowest BCUT2D eigenvalue weighted by Crippen LogP contribution is -2.20. The number of hydrogen-bond donors (Lipinski definition) is 2. The maximum absolute atomic E-state index is 15.0. The van der Waals surface area contributed by atoms with Crippen LogP contribution in [0, 0.1) is 11.6 Å². The van der Waals surface area contributed by atoms with Crippen molar-refractivity contribution in [3.8, 4) is 11.6 Å². The number of hydrogen-bond acceptors (Lipinski definition) is 7. The Morgan fingerprint density at radius 3 is 2.51 bits per heavy atom. The molecule has 2 aromatic carbocycles. The van der Waals surface area contributed by atoms with Crippen molar-refractivity contribution >= 4 is 38.3 Å². The minimum Gasteiger partial charge on any atom is -0.497 e. The summed E-state index contributed by atoms with van der Waals surface area (Å²) in [4.78, 5) is 17.3. The average molecular weight is 560 g/mol. The van der Waals surface area contributed by atoms with Crippen molar-refractivity contribution in [1.29, 1.82) is 0 Å². The van der Waals surface area contributed by atoms with Crippen LogP contribution in [-0.2, 0) is 16.6 Å². The van der Waals surface area contributed by atoms with E-state index in [4.69, 9.17) is 9.47 Å². The summed E-state index contributed by atoms with van der Waals surface area (Å²) in [5.74, 6) is -2.87. The quantitative estimate of drug-likeness (QED) is 0.276. The smallest absolute Gasteiger partial charge is 0.261 e. The Kier molecular flexibility index (Phi) is 8.29. The summed E-state index contributed by atoms with van der Waals surface area (Å²) >= 11 is 0. The third kappa shape index (κ3) is 6.25. The first-order valence-electron chi connectivity index (χ1n) is 12.1. The van der Waals surface area contributed by atoms with E-state index in [0.29, 0.717) is 30.6 Å². The van der Waals surface area contributed by atoms with Crippen LogP contribution in [0.15, 0.2) is 48.7 Å². The number of halogens is 2. The number of methoxy groups -OCH3 is 1. The topological polar surface area (TPSA) is 124 Å². The molecule has 0 spiro atoms. The van der Waals surface area contributed by atoms with E-state index in [1.54, 1.807) is 25.6 Å². The molecule has 2 heterocycles. The van der Waals surface area contributed by atoms with Crippen molar-refractivity contribution in [3.63, 3.8) is 0 Å². The van der Waals surface area contributed by atoms with Gasteiger partial charge in [0.25, 0.3) is 5.91 Å². The fourth-order valence-electron chi connectivity index (χ4n) is 3.88. The predicted molar refractivity (Wildman–Crippen MR) is 143 cm³/mol. The van der Waals surface area contributed by atoms with E-state index >= 15 is 4.39 Å². The third-order valence-corrected chi connectivity index (χ3v) is 7.12. The molecule has 0 bridgehead atoms. The highest BCUT2D eigenvalue weighted by Gasteiger charge is 2.24. The number of aromatic nitrogens is 3. The van der Waals surface area contributed by atoms with Crippen LogP contribution in [-0.4, -0.2) is 48.6 Å². The maximum atomic E-state index is 15.0. The highest BCUT2D eigenvalue weighted by Crippen LogP contribution is 2.28.